The maximum absolute atomic E-state index is 6.53. The van der Waals surface area contributed by atoms with E-state index in [1.54, 1.807) is 0 Å². The highest BCUT2D eigenvalue weighted by Crippen LogP contribution is 2.59. The van der Waals surface area contributed by atoms with E-state index in [1.807, 2.05) is 6.07 Å². The van der Waals surface area contributed by atoms with E-state index < -0.39 is 11.2 Å². The largest absolute Gasteiger partial charge is 0.463 e. The van der Waals surface area contributed by atoms with E-state index in [-0.39, 0.29) is 7.12 Å². The molecule has 0 amide bonds. The number of fused-ring (bicyclic) bond motifs is 3. The van der Waals surface area contributed by atoms with Crippen molar-refractivity contribution in [1.82, 2.24) is 0 Å². The van der Waals surface area contributed by atoms with E-state index in [1.165, 1.54) is 27.5 Å². The van der Waals surface area contributed by atoms with E-state index in [0.717, 1.165) is 6.32 Å². The molecular weight excluding hydrogens is 295 g/mol. The first-order valence-electron chi connectivity index (χ1n) is 8.54. The van der Waals surface area contributed by atoms with Crippen molar-refractivity contribution >= 4 is 17.9 Å². The summed E-state index contributed by atoms with van der Waals surface area (Å²) >= 11 is 0. The number of hydrogen-bond donors (Lipinski definition) is 0. The van der Waals surface area contributed by atoms with Crippen LogP contribution in [0.1, 0.15) is 30.5 Å². The Bertz CT molecular complexity index is 886. The quantitative estimate of drug-likeness (QED) is 0.644. The van der Waals surface area contributed by atoms with Gasteiger partial charge in [0.2, 0.25) is 0 Å². The summed E-state index contributed by atoms with van der Waals surface area (Å²) in [7, 11) is -0.231. The number of rotatable bonds is 2. The zero-order valence-electron chi connectivity index (χ0n) is 14.0. The lowest BCUT2D eigenvalue weighted by Gasteiger charge is -2.34. The van der Waals surface area contributed by atoms with E-state index in [9.17, 15) is 0 Å². The van der Waals surface area contributed by atoms with Gasteiger partial charge >= 0.3 is 7.12 Å². The van der Waals surface area contributed by atoms with Gasteiger partial charge in [-0.1, -0.05) is 72.3 Å². The Morgan fingerprint density at radius 3 is 1.92 bits per heavy atom. The molecule has 24 heavy (non-hydrogen) atoms. The predicted molar refractivity (Wildman–Crippen MR) is 96.7 cm³/mol. The summed E-state index contributed by atoms with van der Waals surface area (Å²) in [5.74, 6) is 0. The first-order valence-corrected chi connectivity index (χ1v) is 8.54. The summed E-state index contributed by atoms with van der Waals surface area (Å²) in [5.41, 5.74) is 2.83. The molecule has 1 saturated heterocycles. The third-order valence-corrected chi connectivity index (χ3v) is 5.82. The fraction of sp³-hybridized carbons (Fsp3) is 0.238. The molecule has 0 radical (unpaired) electrons. The van der Waals surface area contributed by atoms with Crippen LogP contribution in [-0.2, 0) is 26.8 Å². The second-order valence-corrected chi connectivity index (χ2v) is 7.13. The smallest absolute Gasteiger partial charge is 0.398 e. The van der Waals surface area contributed by atoms with Gasteiger partial charge in [-0.25, -0.2) is 0 Å². The minimum Gasteiger partial charge on any atom is -0.398 e. The summed E-state index contributed by atoms with van der Waals surface area (Å²) in [5, 5.41) is 2.55. The third kappa shape index (κ3) is 1.69. The van der Waals surface area contributed by atoms with Gasteiger partial charge in [0.25, 0.3) is 0 Å². The van der Waals surface area contributed by atoms with E-state index >= 15 is 0 Å². The molecule has 3 aromatic carbocycles. The van der Waals surface area contributed by atoms with E-state index in [0.29, 0.717) is 0 Å². The molecule has 0 N–H and O–H groups in total. The molecule has 1 aliphatic heterocycles. The van der Waals surface area contributed by atoms with Gasteiger partial charge in [-0.2, -0.15) is 0 Å². The van der Waals surface area contributed by atoms with Crippen LogP contribution in [0.2, 0.25) is 0 Å². The summed E-state index contributed by atoms with van der Waals surface area (Å²) in [6.45, 7) is 4.35. The SMILES string of the molecule is C[C@@]12OB(Cc3ccccc3)O[C@]1(C)c1cccc3cccc2c13. The highest BCUT2D eigenvalue weighted by atomic mass is 16.7. The lowest BCUT2D eigenvalue weighted by atomic mass is 9.80. The van der Waals surface area contributed by atoms with Gasteiger partial charge in [-0.3, -0.25) is 0 Å². The van der Waals surface area contributed by atoms with Gasteiger partial charge in [-0.05, 0) is 35.7 Å². The molecule has 2 nitrogen and oxygen atoms in total. The molecule has 1 aliphatic carbocycles. The van der Waals surface area contributed by atoms with Gasteiger partial charge < -0.3 is 9.31 Å². The Labute approximate surface area is 142 Å². The minimum absolute atomic E-state index is 0.231. The first-order chi connectivity index (χ1) is 11.6. The Balaban J connectivity index is 1.60. The summed E-state index contributed by atoms with van der Waals surface area (Å²) < 4.78 is 13.1. The van der Waals surface area contributed by atoms with Crippen LogP contribution in [0.3, 0.4) is 0 Å². The molecule has 5 rings (SSSR count). The second kappa shape index (κ2) is 4.72. The summed E-state index contributed by atoms with van der Waals surface area (Å²) in [6.07, 6.45) is 0.768. The number of hydrogen-bond acceptors (Lipinski definition) is 2. The van der Waals surface area contributed by atoms with E-state index in [4.69, 9.17) is 9.31 Å². The molecule has 0 unspecified atom stereocenters. The Kier molecular flexibility index (Phi) is 2.80. The van der Waals surface area contributed by atoms with Gasteiger partial charge in [0, 0.05) is 6.32 Å². The molecule has 1 fully saturated rings. The van der Waals surface area contributed by atoms with Crippen molar-refractivity contribution in [3.05, 3.63) is 83.4 Å². The highest BCUT2D eigenvalue weighted by Gasteiger charge is 2.62. The Morgan fingerprint density at radius 1 is 0.750 bits per heavy atom. The zero-order valence-corrected chi connectivity index (χ0v) is 14.0. The molecular formula is C21H19BO2. The van der Waals surface area contributed by atoms with Gasteiger partial charge in [0.1, 0.15) is 11.2 Å². The Morgan fingerprint density at radius 2 is 1.33 bits per heavy atom. The molecule has 118 valence electrons. The average Bonchev–Trinajstić information content (AvgIpc) is 2.95. The van der Waals surface area contributed by atoms with Gasteiger partial charge in [0.05, 0.1) is 0 Å². The van der Waals surface area contributed by atoms with Crippen molar-refractivity contribution in [2.24, 2.45) is 0 Å². The average molecular weight is 314 g/mol. The maximum atomic E-state index is 6.53. The molecule has 0 bridgehead atoms. The third-order valence-electron chi connectivity index (χ3n) is 5.82. The maximum Gasteiger partial charge on any atom is 0.463 e. The molecule has 3 aromatic rings. The molecule has 2 atom stereocenters. The Hall–Kier alpha value is -2.10. The van der Waals surface area contributed by atoms with Crippen molar-refractivity contribution in [3.8, 4) is 0 Å². The summed E-state index contributed by atoms with van der Waals surface area (Å²) in [4.78, 5) is 0. The van der Waals surface area contributed by atoms with Gasteiger partial charge in [0.15, 0.2) is 0 Å². The van der Waals surface area contributed by atoms with Crippen LogP contribution in [0.25, 0.3) is 10.8 Å². The standard InChI is InChI=1S/C21H19BO2/c1-20-17-12-6-10-16-11-7-13-18(19(16)17)21(20,2)24-22(23-20)14-15-8-4-3-5-9-15/h3-13H,14H2,1-2H3/t20-,21+. The highest BCUT2D eigenvalue weighted by molar-refractivity contribution is 6.45. The normalized spacial score (nSPS) is 27.7. The van der Waals surface area contributed by atoms with Crippen molar-refractivity contribution in [2.75, 3.05) is 0 Å². The fourth-order valence-corrected chi connectivity index (χ4v) is 4.44. The monoisotopic (exact) mass is 314 g/mol. The van der Waals surface area contributed by atoms with Crippen LogP contribution in [0.4, 0.5) is 0 Å². The fourth-order valence-electron chi connectivity index (χ4n) is 4.44. The van der Waals surface area contributed by atoms with E-state index in [2.05, 4.69) is 74.5 Å². The minimum atomic E-state index is -0.449. The van der Waals surface area contributed by atoms with Crippen molar-refractivity contribution < 1.29 is 9.31 Å². The first kappa shape index (κ1) is 14.3. The van der Waals surface area contributed by atoms with Crippen LogP contribution in [-0.4, -0.2) is 7.12 Å². The van der Waals surface area contributed by atoms with Gasteiger partial charge in [-0.15, -0.1) is 0 Å². The molecule has 1 heterocycles. The lowest BCUT2D eigenvalue weighted by Crippen LogP contribution is -2.38. The van der Waals surface area contributed by atoms with Crippen LogP contribution >= 0.6 is 0 Å². The zero-order chi connectivity index (χ0) is 16.4. The number of benzene rings is 3. The molecule has 3 heteroatoms. The van der Waals surface area contributed by atoms with Crippen LogP contribution in [0.5, 0.6) is 0 Å². The molecule has 0 spiro atoms. The van der Waals surface area contributed by atoms with Crippen LogP contribution in [0, 0.1) is 0 Å². The van der Waals surface area contributed by atoms with Crippen molar-refractivity contribution in [2.45, 2.75) is 31.4 Å². The summed E-state index contributed by atoms with van der Waals surface area (Å²) in [6, 6.07) is 23.3. The van der Waals surface area contributed by atoms with Crippen LogP contribution < -0.4 is 0 Å². The lowest BCUT2D eigenvalue weighted by molar-refractivity contribution is -0.0222. The molecule has 0 aromatic heterocycles. The molecule has 0 saturated carbocycles. The van der Waals surface area contributed by atoms with Crippen molar-refractivity contribution in [1.29, 1.82) is 0 Å². The topological polar surface area (TPSA) is 18.5 Å². The molecule has 2 aliphatic rings. The van der Waals surface area contributed by atoms with Crippen LogP contribution in [0.15, 0.2) is 66.7 Å². The second-order valence-electron chi connectivity index (χ2n) is 7.13. The van der Waals surface area contributed by atoms with Crippen molar-refractivity contribution in [3.63, 3.8) is 0 Å². The predicted octanol–water partition coefficient (Wildman–Crippen LogP) is 4.60.